The topological polar surface area (TPSA) is 94.2 Å². The number of hydrogen-bond acceptors (Lipinski definition) is 6. The number of carbonyl (C=O) groups excluding carboxylic acids is 3. The first-order chi connectivity index (χ1) is 16.0. The van der Waals surface area contributed by atoms with Gasteiger partial charge in [0.1, 0.15) is 0 Å². The Morgan fingerprint density at radius 3 is 2.39 bits per heavy atom. The molecule has 0 radical (unpaired) electrons. The SMILES string of the molecule is CCOc1cc(C(=O)OC(C)C(=O)NC2CCCCC2)ccc1OCC(=O)N1CCCCC1. The van der Waals surface area contributed by atoms with Crippen molar-refractivity contribution in [3.8, 4) is 11.5 Å². The number of likely N-dealkylation sites (tertiary alicyclic amines) is 1. The number of ether oxygens (including phenoxy) is 3. The van der Waals surface area contributed by atoms with E-state index >= 15 is 0 Å². The number of hydrogen-bond donors (Lipinski definition) is 1. The second kappa shape index (κ2) is 12.5. The molecule has 0 spiro atoms. The first-order valence-electron chi connectivity index (χ1n) is 12.2. The molecule has 182 valence electrons. The lowest BCUT2D eigenvalue weighted by molar-refractivity contribution is -0.134. The minimum Gasteiger partial charge on any atom is -0.490 e. The predicted molar refractivity (Wildman–Crippen MR) is 123 cm³/mol. The minimum atomic E-state index is -0.895. The molecule has 8 nitrogen and oxygen atoms in total. The quantitative estimate of drug-likeness (QED) is 0.567. The third kappa shape index (κ3) is 7.37. The van der Waals surface area contributed by atoms with Crippen molar-refractivity contribution in [1.82, 2.24) is 10.2 Å². The van der Waals surface area contributed by atoms with Gasteiger partial charge in [-0.15, -0.1) is 0 Å². The number of nitrogens with one attached hydrogen (secondary N) is 1. The first-order valence-corrected chi connectivity index (χ1v) is 12.2. The molecule has 1 aliphatic heterocycles. The average molecular weight is 461 g/mol. The normalized spacial score (nSPS) is 17.7. The number of amides is 2. The van der Waals surface area contributed by atoms with Gasteiger partial charge in [0, 0.05) is 19.1 Å². The van der Waals surface area contributed by atoms with Crippen LogP contribution in [0.4, 0.5) is 0 Å². The van der Waals surface area contributed by atoms with Gasteiger partial charge in [0.25, 0.3) is 11.8 Å². The van der Waals surface area contributed by atoms with Gasteiger partial charge in [0.2, 0.25) is 0 Å². The lowest BCUT2D eigenvalue weighted by Crippen LogP contribution is -2.42. The molecule has 1 aromatic rings. The van der Waals surface area contributed by atoms with Gasteiger partial charge in [0.05, 0.1) is 12.2 Å². The molecule has 2 fully saturated rings. The van der Waals surface area contributed by atoms with E-state index in [4.69, 9.17) is 14.2 Å². The third-order valence-corrected chi connectivity index (χ3v) is 6.14. The zero-order valence-electron chi connectivity index (χ0n) is 19.8. The molecule has 2 amide bonds. The summed E-state index contributed by atoms with van der Waals surface area (Å²) in [4.78, 5) is 39.3. The zero-order valence-corrected chi connectivity index (χ0v) is 19.8. The summed E-state index contributed by atoms with van der Waals surface area (Å²) in [5.41, 5.74) is 0.255. The molecule has 1 unspecified atom stereocenters. The van der Waals surface area contributed by atoms with Crippen molar-refractivity contribution >= 4 is 17.8 Å². The molecule has 0 bridgehead atoms. The Morgan fingerprint density at radius 2 is 1.70 bits per heavy atom. The van der Waals surface area contributed by atoms with E-state index in [2.05, 4.69) is 5.32 Å². The molecule has 8 heteroatoms. The first kappa shape index (κ1) is 24.9. The highest BCUT2D eigenvalue weighted by Gasteiger charge is 2.24. The van der Waals surface area contributed by atoms with Gasteiger partial charge < -0.3 is 24.4 Å². The fourth-order valence-electron chi connectivity index (χ4n) is 4.24. The lowest BCUT2D eigenvalue weighted by Gasteiger charge is -2.26. The van der Waals surface area contributed by atoms with Gasteiger partial charge in [-0.1, -0.05) is 19.3 Å². The van der Waals surface area contributed by atoms with E-state index in [1.165, 1.54) is 12.5 Å². The molecule has 33 heavy (non-hydrogen) atoms. The Bertz CT molecular complexity index is 815. The fraction of sp³-hybridized carbons (Fsp3) is 0.640. The molecule has 1 N–H and O–H groups in total. The molecule has 1 saturated carbocycles. The molecular formula is C25H36N2O6. The van der Waals surface area contributed by atoms with Crippen molar-refractivity contribution in [3.63, 3.8) is 0 Å². The number of nitrogens with zero attached hydrogens (tertiary/aromatic N) is 1. The molecule has 0 aromatic heterocycles. The van der Waals surface area contributed by atoms with E-state index in [0.29, 0.717) is 18.1 Å². The highest BCUT2D eigenvalue weighted by molar-refractivity contribution is 5.93. The van der Waals surface area contributed by atoms with Crippen LogP contribution in [0.15, 0.2) is 18.2 Å². The van der Waals surface area contributed by atoms with Crippen molar-refractivity contribution in [2.45, 2.75) is 77.4 Å². The van der Waals surface area contributed by atoms with Crippen LogP contribution in [0.2, 0.25) is 0 Å². The van der Waals surface area contributed by atoms with Crippen molar-refractivity contribution in [2.75, 3.05) is 26.3 Å². The summed E-state index contributed by atoms with van der Waals surface area (Å²) in [6, 6.07) is 4.83. The predicted octanol–water partition coefficient (Wildman–Crippen LogP) is 3.47. The second-order valence-corrected chi connectivity index (χ2v) is 8.72. The van der Waals surface area contributed by atoms with Crippen LogP contribution in [0.5, 0.6) is 11.5 Å². The van der Waals surface area contributed by atoms with E-state index in [1.54, 1.807) is 19.1 Å². The van der Waals surface area contributed by atoms with Crippen molar-refractivity contribution in [2.24, 2.45) is 0 Å². The largest absolute Gasteiger partial charge is 0.490 e. The summed E-state index contributed by atoms with van der Waals surface area (Å²) in [6.45, 7) is 5.21. The summed E-state index contributed by atoms with van der Waals surface area (Å²) >= 11 is 0. The third-order valence-electron chi connectivity index (χ3n) is 6.14. The zero-order chi connectivity index (χ0) is 23.6. The molecule has 2 aliphatic rings. The maximum atomic E-state index is 12.6. The maximum Gasteiger partial charge on any atom is 0.339 e. The smallest absolute Gasteiger partial charge is 0.339 e. The number of piperidine rings is 1. The maximum absolute atomic E-state index is 12.6. The Morgan fingerprint density at radius 1 is 1.00 bits per heavy atom. The molecule has 1 saturated heterocycles. The minimum absolute atomic E-state index is 0.0570. The van der Waals surface area contributed by atoms with Crippen LogP contribution in [0.1, 0.15) is 75.6 Å². The number of benzene rings is 1. The average Bonchev–Trinajstić information content (AvgIpc) is 2.84. The standard InChI is InChI=1S/C25H36N2O6/c1-3-31-22-16-19(12-13-21(22)32-17-23(28)27-14-8-5-9-15-27)25(30)33-18(2)24(29)26-20-10-6-4-7-11-20/h12-13,16,18,20H,3-11,14-15,17H2,1-2H3,(H,26,29). The molecular weight excluding hydrogens is 424 g/mol. The van der Waals surface area contributed by atoms with Crippen LogP contribution in [0.3, 0.4) is 0 Å². The highest BCUT2D eigenvalue weighted by Crippen LogP contribution is 2.29. The number of rotatable bonds is 9. The second-order valence-electron chi connectivity index (χ2n) is 8.72. The van der Waals surface area contributed by atoms with Crippen LogP contribution in [0.25, 0.3) is 0 Å². The molecule has 1 aliphatic carbocycles. The van der Waals surface area contributed by atoms with Crippen LogP contribution in [-0.2, 0) is 14.3 Å². The van der Waals surface area contributed by atoms with Crippen LogP contribution in [0, 0.1) is 0 Å². The van der Waals surface area contributed by atoms with E-state index in [9.17, 15) is 14.4 Å². The summed E-state index contributed by atoms with van der Waals surface area (Å²) in [7, 11) is 0. The monoisotopic (exact) mass is 460 g/mol. The summed E-state index contributed by atoms with van der Waals surface area (Å²) in [5.74, 6) is -0.201. The highest BCUT2D eigenvalue weighted by atomic mass is 16.5. The molecule has 1 heterocycles. The Labute approximate surface area is 195 Å². The van der Waals surface area contributed by atoms with E-state index in [1.807, 2.05) is 11.8 Å². The van der Waals surface area contributed by atoms with E-state index < -0.39 is 12.1 Å². The van der Waals surface area contributed by atoms with Crippen LogP contribution < -0.4 is 14.8 Å². The van der Waals surface area contributed by atoms with Crippen LogP contribution >= 0.6 is 0 Å². The lowest BCUT2D eigenvalue weighted by atomic mass is 9.95. The Hall–Kier alpha value is -2.77. The van der Waals surface area contributed by atoms with Crippen molar-refractivity contribution in [3.05, 3.63) is 23.8 Å². The fourth-order valence-corrected chi connectivity index (χ4v) is 4.24. The van der Waals surface area contributed by atoms with Gasteiger partial charge in [-0.25, -0.2) is 4.79 Å². The van der Waals surface area contributed by atoms with Gasteiger partial charge in [-0.05, 0) is 64.2 Å². The van der Waals surface area contributed by atoms with Crippen molar-refractivity contribution in [1.29, 1.82) is 0 Å². The number of esters is 1. The van der Waals surface area contributed by atoms with Crippen LogP contribution in [-0.4, -0.2) is 61.1 Å². The van der Waals surface area contributed by atoms with E-state index in [-0.39, 0.29) is 30.0 Å². The van der Waals surface area contributed by atoms with Gasteiger partial charge in [-0.2, -0.15) is 0 Å². The summed E-state index contributed by atoms with van der Waals surface area (Å²) in [5, 5.41) is 2.97. The molecule has 1 atom stereocenters. The van der Waals surface area contributed by atoms with E-state index in [0.717, 1.165) is 58.0 Å². The van der Waals surface area contributed by atoms with Crippen molar-refractivity contribution < 1.29 is 28.6 Å². The molecule has 1 aromatic carbocycles. The van der Waals surface area contributed by atoms with Gasteiger partial charge in [0.15, 0.2) is 24.2 Å². The summed E-state index contributed by atoms with van der Waals surface area (Å²) < 4.78 is 16.7. The van der Waals surface area contributed by atoms with Gasteiger partial charge in [-0.3, -0.25) is 9.59 Å². The summed E-state index contributed by atoms with van der Waals surface area (Å²) in [6.07, 6.45) is 7.64. The Kier molecular flexibility index (Phi) is 9.39. The number of carbonyl (C=O) groups is 3. The van der Waals surface area contributed by atoms with Gasteiger partial charge >= 0.3 is 5.97 Å². The Balaban J connectivity index is 1.56. The molecule has 3 rings (SSSR count).